The molecule has 0 bridgehead atoms. The molecule has 0 aromatic heterocycles. The van der Waals surface area contributed by atoms with E-state index in [4.69, 9.17) is 9.47 Å². The van der Waals surface area contributed by atoms with Crippen LogP contribution in [-0.4, -0.2) is 38.1 Å². The molecule has 1 amide bonds. The number of rotatable bonds is 6. The molecule has 2 aromatic rings. The fourth-order valence-corrected chi connectivity index (χ4v) is 2.76. The molecule has 0 spiro atoms. The van der Waals surface area contributed by atoms with Gasteiger partial charge in [0, 0.05) is 17.1 Å². The second-order valence-electron chi connectivity index (χ2n) is 4.88. The van der Waals surface area contributed by atoms with Gasteiger partial charge in [-0.1, -0.05) is 15.9 Å². The van der Waals surface area contributed by atoms with Crippen LogP contribution in [0.4, 0.5) is 0 Å². The Morgan fingerprint density at radius 3 is 2.43 bits per heavy atom. The Morgan fingerprint density at radius 1 is 1.13 bits per heavy atom. The van der Waals surface area contributed by atoms with Crippen molar-refractivity contribution in [2.75, 3.05) is 27.3 Å². The molecule has 0 radical (unpaired) electrons. The third-order valence-corrected chi connectivity index (χ3v) is 4.40. The minimum absolute atomic E-state index is 0.0623. The average Bonchev–Trinajstić information content (AvgIpc) is 2.55. The highest BCUT2D eigenvalue weighted by atomic mass is 79.9. The van der Waals surface area contributed by atoms with Crippen molar-refractivity contribution >= 4 is 37.8 Å². The lowest BCUT2D eigenvalue weighted by atomic mass is 10.2. The van der Waals surface area contributed by atoms with Crippen molar-refractivity contribution in [1.29, 1.82) is 0 Å². The minimum atomic E-state index is -0.0623. The number of likely N-dealkylation sites (N-methyl/N-ethyl adjacent to an activating group) is 1. The molecule has 2 aromatic carbocycles. The van der Waals surface area contributed by atoms with Crippen molar-refractivity contribution in [3.63, 3.8) is 0 Å². The topological polar surface area (TPSA) is 38.8 Å². The summed E-state index contributed by atoms with van der Waals surface area (Å²) < 4.78 is 12.6. The van der Waals surface area contributed by atoms with Crippen LogP contribution in [0.2, 0.25) is 0 Å². The Bertz CT molecular complexity index is 674. The van der Waals surface area contributed by atoms with Crippen LogP contribution in [0, 0.1) is 0 Å². The molecule has 0 aliphatic carbocycles. The lowest BCUT2D eigenvalue weighted by molar-refractivity contribution is 0.0773. The van der Waals surface area contributed by atoms with Gasteiger partial charge in [0.2, 0.25) is 0 Å². The van der Waals surface area contributed by atoms with E-state index >= 15 is 0 Å². The van der Waals surface area contributed by atoms with Gasteiger partial charge in [0.05, 0.1) is 18.1 Å². The molecule has 0 aliphatic rings. The number of halogens is 2. The number of nitrogens with zero attached hydrogens (tertiary/aromatic N) is 1. The summed E-state index contributed by atoms with van der Waals surface area (Å²) in [4.78, 5) is 14.0. The highest BCUT2D eigenvalue weighted by Gasteiger charge is 2.13. The monoisotopic (exact) mass is 441 g/mol. The first-order valence-electron chi connectivity index (χ1n) is 6.98. The van der Waals surface area contributed by atoms with Crippen LogP contribution in [-0.2, 0) is 0 Å². The lowest BCUT2D eigenvalue weighted by Crippen LogP contribution is -2.30. The molecular weight excluding hydrogens is 426 g/mol. The van der Waals surface area contributed by atoms with Crippen LogP contribution in [0.25, 0.3) is 0 Å². The molecule has 0 fully saturated rings. The SMILES string of the molecule is COc1ccc(C(=O)N(C)CCOc2ccc(Br)cc2)cc1Br. The van der Waals surface area contributed by atoms with Gasteiger partial charge in [0.1, 0.15) is 18.1 Å². The molecule has 0 aliphatic heterocycles. The molecule has 0 unspecified atom stereocenters. The smallest absolute Gasteiger partial charge is 0.253 e. The predicted octanol–water partition coefficient (Wildman–Crippen LogP) is 4.37. The minimum Gasteiger partial charge on any atom is -0.496 e. The van der Waals surface area contributed by atoms with Gasteiger partial charge in [0.15, 0.2) is 0 Å². The highest BCUT2D eigenvalue weighted by molar-refractivity contribution is 9.10. The number of methoxy groups -OCH3 is 1. The summed E-state index contributed by atoms with van der Waals surface area (Å²) in [5, 5.41) is 0. The van der Waals surface area contributed by atoms with Gasteiger partial charge in [-0.15, -0.1) is 0 Å². The van der Waals surface area contributed by atoms with E-state index in [9.17, 15) is 4.79 Å². The zero-order chi connectivity index (χ0) is 16.8. The van der Waals surface area contributed by atoms with Gasteiger partial charge in [-0.2, -0.15) is 0 Å². The van der Waals surface area contributed by atoms with E-state index in [1.54, 1.807) is 37.3 Å². The Morgan fingerprint density at radius 2 is 1.83 bits per heavy atom. The summed E-state index contributed by atoms with van der Waals surface area (Å²) in [7, 11) is 3.35. The molecular formula is C17H17Br2NO3. The van der Waals surface area contributed by atoms with Gasteiger partial charge in [-0.05, 0) is 58.4 Å². The van der Waals surface area contributed by atoms with E-state index in [1.165, 1.54) is 0 Å². The fraction of sp³-hybridized carbons (Fsp3) is 0.235. The van der Waals surface area contributed by atoms with E-state index in [0.29, 0.717) is 24.5 Å². The maximum atomic E-state index is 12.4. The summed E-state index contributed by atoms with van der Waals surface area (Å²) in [6.07, 6.45) is 0. The van der Waals surface area contributed by atoms with Crippen molar-refractivity contribution in [3.05, 3.63) is 57.0 Å². The third-order valence-electron chi connectivity index (χ3n) is 3.25. The maximum Gasteiger partial charge on any atom is 0.253 e. The van der Waals surface area contributed by atoms with Crippen LogP contribution in [0.15, 0.2) is 51.4 Å². The van der Waals surface area contributed by atoms with Gasteiger partial charge >= 0.3 is 0 Å². The van der Waals surface area contributed by atoms with Crippen LogP contribution >= 0.6 is 31.9 Å². The highest BCUT2D eigenvalue weighted by Crippen LogP contribution is 2.26. The van der Waals surface area contributed by atoms with Crippen molar-refractivity contribution in [3.8, 4) is 11.5 Å². The molecule has 0 heterocycles. The zero-order valence-corrected chi connectivity index (χ0v) is 16.1. The first-order valence-corrected chi connectivity index (χ1v) is 8.57. The number of hydrogen-bond donors (Lipinski definition) is 0. The largest absolute Gasteiger partial charge is 0.496 e. The first-order chi connectivity index (χ1) is 11.0. The lowest BCUT2D eigenvalue weighted by Gasteiger charge is -2.18. The zero-order valence-electron chi connectivity index (χ0n) is 12.9. The van der Waals surface area contributed by atoms with E-state index in [-0.39, 0.29) is 5.91 Å². The number of hydrogen-bond acceptors (Lipinski definition) is 3. The summed E-state index contributed by atoms with van der Waals surface area (Å²) >= 11 is 6.77. The molecule has 4 nitrogen and oxygen atoms in total. The Kier molecular flexibility index (Phi) is 6.47. The maximum absolute atomic E-state index is 12.4. The van der Waals surface area contributed by atoms with Gasteiger partial charge in [-0.3, -0.25) is 4.79 Å². The van der Waals surface area contributed by atoms with Crippen molar-refractivity contribution in [2.45, 2.75) is 0 Å². The van der Waals surface area contributed by atoms with E-state index in [1.807, 2.05) is 24.3 Å². The summed E-state index contributed by atoms with van der Waals surface area (Å²) in [5.74, 6) is 1.41. The average molecular weight is 443 g/mol. The second kappa shape index (κ2) is 8.36. The quantitative estimate of drug-likeness (QED) is 0.666. The summed E-state index contributed by atoms with van der Waals surface area (Å²) in [6, 6.07) is 12.9. The third kappa shape index (κ3) is 4.97. The van der Waals surface area contributed by atoms with E-state index in [0.717, 1.165) is 14.7 Å². The summed E-state index contributed by atoms with van der Waals surface area (Å²) in [5.41, 5.74) is 0.601. The van der Waals surface area contributed by atoms with E-state index < -0.39 is 0 Å². The molecule has 6 heteroatoms. The second-order valence-corrected chi connectivity index (χ2v) is 6.65. The Hall–Kier alpha value is -1.53. The Labute approximate surface area is 152 Å². The molecule has 0 atom stereocenters. The van der Waals surface area contributed by atoms with Gasteiger partial charge in [-0.25, -0.2) is 0 Å². The predicted molar refractivity (Wildman–Crippen MR) is 97.3 cm³/mol. The van der Waals surface area contributed by atoms with Crippen molar-refractivity contribution < 1.29 is 14.3 Å². The molecule has 2 rings (SSSR count). The number of amides is 1. The number of carbonyl (C=O) groups is 1. The molecule has 0 N–H and O–H groups in total. The van der Waals surface area contributed by atoms with Gasteiger partial charge in [0.25, 0.3) is 5.91 Å². The fourth-order valence-electron chi connectivity index (χ4n) is 1.95. The molecule has 122 valence electrons. The normalized spacial score (nSPS) is 10.3. The van der Waals surface area contributed by atoms with Crippen molar-refractivity contribution in [2.24, 2.45) is 0 Å². The van der Waals surface area contributed by atoms with Gasteiger partial charge < -0.3 is 14.4 Å². The van der Waals surface area contributed by atoms with Crippen LogP contribution in [0.1, 0.15) is 10.4 Å². The molecule has 0 saturated carbocycles. The number of ether oxygens (including phenoxy) is 2. The molecule has 23 heavy (non-hydrogen) atoms. The number of benzene rings is 2. The van der Waals surface area contributed by atoms with E-state index in [2.05, 4.69) is 31.9 Å². The van der Waals surface area contributed by atoms with Crippen LogP contribution in [0.3, 0.4) is 0 Å². The number of carbonyl (C=O) groups excluding carboxylic acids is 1. The van der Waals surface area contributed by atoms with Crippen molar-refractivity contribution in [1.82, 2.24) is 4.90 Å². The first kappa shape index (κ1) is 17.8. The standard InChI is InChI=1S/C17H17Br2NO3/c1-20(9-10-23-14-6-4-13(18)5-7-14)17(21)12-3-8-16(22-2)15(19)11-12/h3-8,11H,9-10H2,1-2H3. The Balaban J connectivity index is 1.89. The van der Waals surface area contributed by atoms with Crippen LogP contribution < -0.4 is 9.47 Å². The van der Waals surface area contributed by atoms with Crippen LogP contribution in [0.5, 0.6) is 11.5 Å². The molecule has 0 saturated heterocycles. The summed E-state index contributed by atoms with van der Waals surface area (Å²) in [6.45, 7) is 0.930.